The lowest BCUT2D eigenvalue weighted by atomic mass is 9.93. The molecule has 10 heteroatoms. The number of hydrogen-bond donors (Lipinski definition) is 1. The number of nitrogens with zero attached hydrogens (tertiary/aromatic N) is 4. The minimum atomic E-state index is -4.54. The number of carbonyl (C=O) groups excluding carboxylic acids is 2. The molecule has 2 aromatic heterocycles. The summed E-state index contributed by atoms with van der Waals surface area (Å²) >= 11 is 0. The molecule has 2 aliphatic rings. The molecule has 0 unspecified atom stereocenters. The van der Waals surface area contributed by atoms with Crippen LogP contribution in [-0.4, -0.2) is 50.6 Å². The van der Waals surface area contributed by atoms with Gasteiger partial charge in [0.2, 0.25) is 5.91 Å². The van der Waals surface area contributed by atoms with Gasteiger partial charge in [0.1, 0.15) is 6.04 Å². The summed E-state index contributed by atoms with van der Waals surface area (Å²) in [4.78, 5) is 30.9. The van der Waals surface area contributed by atoms with Crippen LogP contribution in [0.4, 0.5) is 13.2 Å². The number of carbonyl (C=O) groups is 2. The molecule has 1 spiro atoms. The van der Waals surface area contributed by atoms with Crippen LogP contribution >= 0.6 is 0 Å². The number of alkyl halides is 3. The predicted molar refractivity (Wildman–Crippen MR) is 101 cm³/mol. The summed E-state index contributed by atoms with van der Waals surface area (Å²) in [6.07, 6.45) is 2.40. The normalized spacial score (nSPS) is 18.9. The number of rotatable bonds is 4. The van der Waals surface area contributed by atoms with E-state index in [-0.39, 0.29) is 17.3 Å². The first kappa shape index (κ1) is 20.4. The van der Waals surface area contributed by atoms with Gasteiger partial charge >= 0.3 is 6.18 Å². The summed E-state index contributed by atoms with van der Waals surface area (Å²) in [6, 6.07) is 3.00. The Balaban J connectivity index is 1.35. The number of hydrogen-bond acceptors (Lipinski definition) is 4. The van der Waals surface area contributed by atoms with Crippen LogP contribution < -0.4 is 5.32 Å². The molecule has 2 amide bonds. The first-order valence-electron chi connectivity index (χ1n) is 9.86. The highest BCUT2D eigenvalue weighted by Crippen LogP contribution is 2.53. The Bertz CT molecular complexity index is 940. The van der Waals surface area contributed by atoms with Crippen LogP contribution in [0.2, 0.25) is 0 Å². The van der Waals surface area contributed by atoms with Crippen molar-refractivity contribution in [2.24, 2.45) is 5.41 Å². The van der Waals surface area contributed by atoms with E-state index in [4.69, 9.17) is 0 Å². The first-order chi connectivity index (χ1) is 14.2. The van der Waals surface area contributed by atoms with E-state index >= 15 is 0 Å². The Morgan fingerprint density at radius 3 is 2.37 bits per heavy atom. The predicted octanol–water partition coefficient (Wildman–Crippen LogP) is 2.81. The molecule has 3 heterocycles. The lowest BCUT2D eigenvalue weighted by molar-refractivity contribution is -0.141. The first-order valence-corrected chi connectivity index (χ1v) is 9.86. The van der Waals surface area contributed by atoms with E-state index in [0.717, 1.165) is 42.9 Å². The second kappa shape index (κ2) is 7.41. The zero-order chi connectivity index (χ0) is 21.5. The van der Waals surface area contributed by atoms with E-state index < -0.39 is 23.8 Å². The molecule has 1 N–H and O–H groups in total. The van der Waals surface area contributed by atoms with Gasteiger partial charge in [-0.25, -0.2) is 9.67 Å². The van der Waals surface area contributed by atoms with Crippen molar-refractivity contribution in [3.63, 3.8) is 0 Å². The quantitative estimate of drug-likeness (QED) is 0.823. The van der Waals surface area contributed by atoms with Crippen LogP contribution in [-0.2, 0) is 11.0 Å². The lowest BCUT2D eigenvalue weighted by Crippen LogP contribution is -2.49. The maximum atomic E-state index is 12.7. The highest BCUT2D eigenvalue weighted by atomic mass is 19.4. The van der Waals surface area contributed by atoms with Crippen molar-refractivity contribution >= 4 is 11.8 Å². The van der Waals surface area contributed by atoms with Gasteiger partial charge < -0.3 is 10.2 Å². The third-order valence-electron chi connectivity index (χ3n) is 5.94. The minimum absolute atomic E-state index is 0.111. The zero-order valence-electron chi connectivity index (χ0n) is 16.4. The van der Waals surface area contributed by atoms with Crippen molar-refractivity contribution in [1.29, 1.82) is 0 Å². The van der Waals surface area contributed by atoms with Crippen LogP contribution in [0, 0.1) is 5.41 Å². The van der Waals surface area contributed by atoms with Crippen molar-refractivity contribution in [1.82, 2.24) is 25.0 Å². The van der Waals surface area contributed by atoms with Gasteiger partial charge in [0.15, 0.2) is 11.5 Å². The number of piperidine rings is 1. The van der Waals surface area contributed by atoms with Crippen molar-refractivity contribution < 1.29 is 22.8 Å². The molecule has 2 fully saturated rings. The fourth-order valence-corrected chi connectivity index (χ4v) is 3.75. The molecular weight excluding hydrogens is 399 g/mol. The number of nitrogens with one attached hydrogen (secondary N) is 1. The average Bonchev–Trinajstić information content (AvgIpc) is 3.27. The third kappa shape index (κ3) is 4.17. The molecule has 4 rings (SSSR count). The maximum Gasteiger partial charge on any atom is 0.435 e. The second-order valence-corrected chi connectivity index (χ2v) is 8.07. The van der Waals surface area contributed by atoms with Crippen LogP contribution in [0.25, 0.3) is 5.82 Å². The van der Waals surface area contributed by atoms with Gasteiger partial charge in [-0.15, -0.1) is 0 Å². The Labute approximate surface area is 171 Å². The van der Waals surface area contributed by atoms with Crippen LogP contribution in [0.3, 0.4) is 0 Å². The van der Waals surface area contributed by atoms with E-state index in [2.05, 4.69) is 15.4 Å². The number of amides is 2. The fraction of sp³-hybridized carbons (Fsp3) is 0.500. The second-order valence-electron chi connectivity index (χ2n) is 8.07. The summed E-state index contributed by atoms with van der Waals surface area (Å²) in [5.74, 6) is -0.435. The van der Waals surface area contributed by atoms with Crippen molar-refractivity contribution in [2.75, 3.05) is 13.1 Å². The maximum absolute atomic E-state index is 12.7. The highest BCUT2D eigenvalue weighted by Gasteiger charge is 2.45. The topological polar surface area (TPSA) is 80.1 Å². The third-order valence-corrected chi connectivity index (χ3v) is 5.94. The van der Waals surface area contributed by atoms with Crippen LogP contribution in [0.1, 0.15) is 48.7 Å². The molecular formula is C20H22F3N5O2. The Kier molecular flexibility index (Phi) is 5.03. The molecule has 0 aromatic carbocycles. The Morgan fingerprint density at radius 1 is 1.13 bits per heavy atom. The van der Waals surface area contributed by atoms with Gasteiger partial charge in [0, 0.05) is 25.5 Å². The summed E-state index contributed by atoms with van der Waals surface area (Å²) < 4.78 is 39.0. The number of pyridine rings is 1. The van der Waals surface area contributed by atoms with Crippen molar-refractivity contribution in [3.8, 4) is 5.82 Å². The number of aromatic nitrogens is 3. The Morgan fingerprint density at radius 2 is 1.83 bits per heavy atom. The summed E-state index contributed by atoms with van der Waals surface area (Å²) in [7, 11) is 0. The molecule has 1 saturated heterocycles. The summed E-state index contributed by atoms with van der Waals surface area (Å²) in [5, 5.41) is 6.11. The number of halogens is 3. The largest absolute Gasteiger partial charge is 0.435 e. The summed E-state index contributed by atoms with van der Waals surface area (Å²) in [5.41, 5.74) is -0.354. The average molecular weight is 421 g/mol. The van der Waals surface area contributed by atoms with Crippen LogP contribution in [0.5, 0.6) is 0 Å². The van der Waals surface area contributed by atoms with E-state index in [9.17, 15) is 22.8 Å². The highest BCUT2D eigenvalue weighted by molar-refractivity contribution is 5.97. The van der Waals surface area contributed by atoms with Gasteiger partial charge in [-0.2, -0.15) is 18.3 Å². The smallest absolute Gasteiger partial charge is 0.341 e. The fourth-order valence-electron chi connectivity index (χ4n) is 3.75. The molecule has 1 aliphatic heterocycles. The van der Waals surface area contributed by atoms with Crippen molar-refractivity contribution in [3.05, 3.63) is 41.9 Å². The molecule has 0 radical (unpaired) electrons. The van der Waals surface area contributed by atoms with E-state index in [1.165, 1.54) is 31.2 Å². The van der Waals surface area contributed by atoms with Gasteiger partial charge in [0.05, 0.1) is 5.56 Å². The van der Waals surface area contributed by atoms with E-state index in [0.29, 0.717) is 5.41 Å². The zero-order valence-corrected chi connectivity index (χ0v) is 16.4. The standard InChI is InChI=1S/C20H22F3N5O2/c1-13(18(30)27-10-7-19(5-6-19)8-11-27)25-17(29)14-2-3-16(24-12-14)28-9-4-15(26-28)20(21,22)23/h2-4,9,12-13H,5-8,10-11H2,1H3,(H,25,29)/t13-/m0/s1. The van der Waals surface area contributed by atoms with Gasteiger partial charge in [0.25, 0.3) is 5.91 Å². The molecule has 1 saturated carbocycles. The molecule has 7 nitrogen and oxygen atoms in total. The molecule has 1 atom stereocenters. The minimum Gasteiger partial charge on any atom is -0.341 e. The summed E-state index contributed by atoms with van der Waals surface area (Å²) in [6.45, 7) is 3.09. The monoisotopic (exact) mass is 421 g/mol. The van der Waals surface area contributed by atoms with E-state index in [1.54, 1.807) is 11.8 Å². The van der Waals surface area contributed by atoms with E-state index in [1.807, 2.05) is 0 Å². The number of likely N-dealkylation sites (tertiary alicyclic amines) is 1. The van der Waals surface area contributed by atoms with Gasteiger partial charge in [-0.1, -0.05) is 0 Å². The molecule has 2 aromatic rings. The Hall–Kier alpha value is -2.91. The SMILES string of the molecule is C[C@H](NC(=O)c1ccc(-n2ccc(C(F)(F)F)n2)nc1)C(=O)N1CCC2(CC1)CC2. The van der Waals surface area contributed by atoms with Crippen LogP contribution in [0.15, 0.2) is 30.6 Å². The molecule has 0 bridgehead atoms. The lowest BCUT2D eigenvalue weighted by Gasteiger charge is -2.33. The molecule has 1 aliphatic carbocycles. The molecule has 30 heavy (non-hydrogen) atoms. The van der Waals surface area contributed by atoms with Crippen molar-refractivity contribution in [2.45, 2.75) is 44.8 Å². The molecule has 160 valence electrons. The van der Waals surface area contributed by atoms with Gasteiger partial charge in [-0.3, -0.25) is 9.59 Å². The van der Waals surface area contributed by atoms with Gasteiger partial charge in [-0.05, 0) is 56.2 Å².